The molecule has 6 heteroatoms. The van der Waals surface area contributed by atoms with E-state index in [1.165, 1.54) is 26.8 Å². The van der Waals surface area contributed by atoms with E-state index < -0.39 is 18.2 Å². The van der Waals surface area contributed by atoms with E-state index in [4.69, 9.17) is 4.74 Å². The number of thiophene rings is 1. The molecule has 2 N–H and O–H groups in total. The number of rotatable bonds is 5. The molecule has 1 saturated heterocycles. The fourth-order valence-corrected chi connectivity index (χ4v) is 4.76. The van der Waals surface area contributed by atoms with Gasteiger partial charge in [0.2, 0.25) is 0 Å². The maximum absolute atomic E-state index is 11.0. The topological polar surface area (TPSA) is 79.1 Å². The second-order valence-corrected chi connectivity index (χ2v) is 8.33. The van der Waals surface area contributed by atoms with Gasteiger partial charge in [-0.05, 0) is 52.9 Å². The van der Waals surface area contributed by atoms with Crippen molar-refractivity contribution in [3.8, 4) is 0 Å². The third kappa shape index (κ3) is 4.78. The van der Waals surface area contributed by atoms with Gasteiger partial charge >= 0.3 is 0 Å². The largest absolute Gasteiger partial charge is 0.394 e. The Balaban J connectivity index is 0.00000124. The van der Waals surface area contributed by atoms with Crippen LogP contribution in [0.1, 0.15) is 48.6 Å². The molecule has 1 aliphatic heterocycles. The van der Waals surface area contributed by atoms with Crippen molar-refractivity contribution in [2.75, 3.05) is 6.61 Å². The lowest BCUT2D eigenvalue weighted by atomic mass is 9.92. The van der Waals surface area contributed by atoms with Crippen molar-refractivity contribution < 1.29 is 14.9 Å². The van der Waals surface area contributed by atoms with Crippen LogP contribution in [0.15, 0.2) is 53.0 Å². The molecule has 0 amide bonds. The molecule has 0 bridgehead atoms. The van der Waals surface area contributed by atoms with Crippen LogP contribution >= 0.6 is 11.3 Å². The number of ether oxygens (including phenoxy) is 1. The van der Waals surface area contributed by atoms with E-state index in [0.29, 0.717) is 0 Å². The van der Waals surface area contributed by atoms with Gasteiger partial charge in [0, 0.05) is 11.1 Å². The Morgan fingerprint density at radius 3 is 2.57 bits per heavy atom. The predicted octanol–water partition coefficient (Wildman–Crippen LogP) is 5.14. The average molecular weight is 428 g/mol. The molecule has 0 saturated carbocycles. The molecule has 5 nitrogen and oxygen atoms in total. The molecule has 0 radical (unpaired) electrons. The lowest BCUT2D eigenvalue weighted by Crippen LogP contribution is -2.46. The normalized spacial score (nSPS) is 23.6. The Hall–Kier alpha value is -2.12. The van der Waals surface area contributed by atoms with Gasteiger partial charge in [0.05, 0.1) is 18.8 Å². The summed E-state index contributed by atoms with van der Waals surface area (Å²) in [7, 11) is 0. The summed E-state index contributed by atoms with van der Waals surface area (Å²) >= 11 is 1.71. The zero-order chi connectivity index (χ0) is 21.7. The number of hydrogen-bond donors (Lipinski definition) is 2. The summed E-state index contributed by atoms with van der Waals surface area (Å²) < 4.78 is 7.09. The monoisotopic (exact) mass is 427 g/mol. The minimum absolute atomic E-state index is 0.288. The standard InChI is InChI=1S/C22H23NO4S.C2H6/c1-13-2-4-14(5-3-13)8-16-12-28-21-7-6-15(9-17(16)21)19-10-18(25)22(23-26)20(11-24)27-19;1-2/h2-7,9,12,18-20,22,24-25H,8,10-11H2,1H3;1-2H3/t18?,19?,20?,22-;/m0./s1. The molecule has 1 fully saturated rings. The first-order valence-corrected chi connectivity index (χ1v) is 11.3. The van der Waals surface area contributed by atoms with Crippen molar-refractivity contribution in [2.24, 2.45) is 5.18 Å². The van der Waals surface area contributed by atoms with E-state index >= 15 is 0 Å². The Morgan fingerprint density at radius 2 is 1.90 bits per heavy atom. The van der Waals surface area contributed by atoms with E-state index in [1.54, 1.807) is 11.3 Å². The highest BCUT2D eigenvalue weighted by Gasteiger charge is 2.39. The van der Waals surface area contributed by atoms with Crippen molar-refractivity contribution in [1.29, 1.82) is 0 Å². The van der Waals surface area contributed by atoms with Crippen LogP contribution in [-0.2, 0) is 11.2 Å². The maximum atomic E-state index is 11.0. The summed E-state index contributed by atoms with van der Waals surface area (Å²) in [5.41, 5.74) is 4.71. The van der Waals surface area contributed by atoms with Gasteiger partial charge in [0.15, 0.2) is 0 Å². The number of nitroso groups, excluding NO2 is 1. The molecule has 0 spiro atoms. The Morgan fingerprint density at radius 1 is 1.17 bits per heavy atom. The predicted molar refractivity (Wildman–Crippen MR) is 122 cm³/mol. The van der Waals surface area contributed by atoms with Crippen molar-refractivity contribution in [3.05, 3.63) is 75.0 Å². The van der Waals surface area contributed by atoms with Crippen LogP contribution in [0.25, 0.3) is 10.1 Å². The second-order valence-electron chi connectivity index (χ2n) is 7.42. The summed E-state index contributed by atoms with van der Waals surface area (Å²) in [5.74, 6) is 0. The van der Waals surface area contributed by atoms with Crippen LogP contribution in [0.5, 0.6) is 0 Å². The summed E-state index contributed by atoms with van der Waals surface area (Å²) in [6.07, 6.45) is -0.929. The molecule has 3 aromatic rings. The van der Waals surface area contributed by atoms with Crippen LogP contribution in [-0.4, -0.2) is 35.1 Å². The number of aryl methyl sites for hydroxylation is 1. The zero-order valence-corrected chi connectivity index (χ0v) is 18.4. The van der Waals surface area contributed by atoms with E-state index in [9.17, 15) is 15.1 Å². The van der Waals surface area contributed by atoms with Crippen LogP contribution in [0.2, 0.25) is 0 Å². The molecule has 2 heterocycles. The van der Waals surface area contributed by atoms with Gasteiger partial charge in [0.25, 0.3) is 0 Å². The number of fused-ring (bicyclic) bond motifs is 1. The quantitative estimate of drug-likeness (QED) is 0.552. The lowest BCUT2D eigenvalue weighted by Gasteiger charge is -2.35. The molecular weight excluding hydrogens is 398 g/mol. The van der Waals surface area contributed by atoms with Crippen LogP contribution in [0.4, 0.5) is 0 Å². The first-order valence-electron chi connectivity index (χ1n) is 10.4. The number of nitrogens with zero attached hydrogens (tertiary/aromatic N) is 1. The third-order valence-electron chi connectivity index (χ3n) is 5.44. The minimum atomic E-state index is -0.928. The Bertz CT molecular complexity index is 969. The fourth-order valence-electron chi connectivity index (χ4n) is 3.82. The highest BCUT2D eigenvalue weighted by molar-refractivity contribution is 7.17. The van der Waals surface area contributed by atoms with Crippen molar-refractivity contribution in [1.82, 2.24) is 0 Å². The summed E-state index contributed by atoms with van der Waals surface area (Å²) in [5, 5.41) is 26.1. The molecule has 4 rings (SSSR count). The first kappa shape index (κ1) is 22.6. The Kier molecular flexibility index (Phi) is 7.72. The zero-order valence-electron chi connectivity index (χ0n) is 17.6. The smallest absolute Gasteiger partial charge is 0.146 e. The van der Waals surface area contributed by atoms with Crippen LogP contribution in [0, 0.1) is 11.8 Å². The summed E-state index contributed by atoms with van der Waals surface area (Å²) in [6.45, 7) is 5.74. The van der Waals surface area contributed by atoms with Gasteiger partial charge in [-0.15, -0.1) is 11.3 Å². The maximum Gasteiger partial charge on any atom is 0.146 e. The lowest BCUT2D eigenvalue weighted by molar-refractivity contribution is -0.126. The third-order valence-corrected chi connectivity index (χ3v) is 6.45. The van der Waals surface area contributed by atoms with Crippen molar-refractivity contribution in [2.45, 2.75) is 58.0 Å². The van der Waals surface area contributed by atoms with Gasteiger partial charge in [-0.2, -0.15) is 4.91 Å². The molecular formula is C24H29NO4S. The molecule has 0 aliphatic carbocycles. The summed E-state index contributed by atoms with van der Waals surface area (Å²) in [4.78, 5) is 11.0. The minimum Gasteiger partial charge on any atom is -0.394 e. The molecule has 1 aliphatic rings. The summed E-state index contributed by atoms with van der Waals surface area (Å²) in [6, 6.07) is 13.8. The van der Waals surface area contributed by atoms with Gasteiger partial charge in [-0.1, -0.05) is 54.9 Å². The van der Waals surface area contributed by atoms with E-state index in [-0.39, 0.29) is 19.1 Å². The molecule has 4 atom stereocenters. The fraction of sp³-hybridized carbons (Fsp3) is 0.417. The Labute approximate surface area is 181 Å². The highest BCUT2D eigenvalue weighted by Crippen LogP contribution is 2.36. The number of aliphatic hydroxyl groups excluding tert-OH is 2. The molecule has 3 unspecified atom stereocenters. The van der Waals surface area contributed by atoms with Gasteiger partial charge in [0.1, 0.15) is 12.1 Å². The van der Waals surface area contributed by atoms with Crippen molar-refractivity contribution >= 4 is 21.4 Å². The SMILES string of the molecule is CC.Cc1ccc(Cc2csc3ccc(C4CC(O)[C@H](N=O)C(CO)O4)cc23)cc1. The molecule has 160 valence electrons. The molecule has 1 aromatic heterocycles. The number of benzene rings is 2. The average Bonchev–Trinajstić information content (AvgIpc) is 3.18. The van der Waals surface area contributed by atoms with Crippen LogP contribution in [0.3, 0.4) is 0 Å². The highest BCUT2D eigenvalue weighted by atomic mass is 32.1. The van der Waals surface area contributed by atoms with Gasteiger partial charge in [-0.25, -0.2) is 0 Å². The van der Waals surface area contributed by atoms with Crippen molar-refractivity contribution in [3.63, 3.8) is 0 Å². The first-order chi connectivity index (χ1) is 14.6. The molecule has 30 heavy (non-hydrogen) atoms. The molecule has 2 aromatic carbocycles. The van der Waals surface area contributed by atoms with Crippen LogP contribution < -0.4 is 0 Å². The second kappa shape index (κ2) is 10.3. The van der Waals surface area contributed by atoms with Gasteiger partial charge < -0.3 is 14.9 Å². The number of aliphatic hydroxyl groups is 2. The van der Waals surface area contributed by atoms with E-state index in [0.717, 1.165) is 12.0 Å². The van der Waals surface area contributed by atoms with E-state index in [2.05, 4.69) is 53.9 Å². The van der Waals surface area contributed by atoms with E-state index in [1.807, 2.05) is 19.9 Å². The van der Waals surface area contributed by atoms with Gasteiger partial charge in [-0.3, -0.25) is 0 Å². The number of hydrogen-bond acceptors (Lipinski definition) is 6.